The van der Waals surface area contributed by atoms with Gasteiger partial charge in [0.2, 0.25) is 10.0 Å². The standard InChI is InChI=1S/C12H14FN3O3S/c1-16-9(4-6-15-16)5-7-19-12-3-2-10(8-11(12)13)20(14,17)18/h2-4,6,8H,5,7H2,1H3,(H2,14,17,18). The SMILES string of the molecule is Cn1nccc1CCOc1ccc(S(N)(=O)=O)cc1F. The minimum Gasteiger partial charge on any atom is -0.490 e. The molecular weight excluding hydrogens is 285 g/mol. The van der Waals surface area contributed by atoms with Crippen molar-refractivity contribution in [1.82, 2.24) is 9.78 Å². The molecule has 0 amide bonds. The average molecular weight is 299 g/mol. The van der Waals surface area contributed by atoms with E-state index in [2.05, 4.69) is 5.10 Å². The van der Waals surface area contributed by atoms with Crippen molar-refractivity contribution in [3.05, 3.63) is 42.0 Å². The van der Waals surface area contributed by atoms with E-state index >= 15 is 0 Å². The number of halogens is 1. The highest BCUT2D eigenvalue weighted by molar-refractivity contribution is 7.89. The highest BCUT2D eigenvalue weighted by Gasteiger charge is 2.12. The molecule has 1 aromatic heterocycles. The van der Waals surface area contributed by atoms with Crippen LogP contribution in [-0.4, -0.2) is 24.8 Å². The number of sulfonamides is 1. The van der Waals surface area contributed by atoms with Crippen LogP contribution in [-0.2, 0) is 23.5 Å². The largest absolute Gasteiger partial charge is 0.490 e. The third-order valence-corrected chi connectivity index (χ3v) is 3.68. The summed E-state index contributed by atoms with van der Waals surface area (Å²) < 4.78 is 42.8. The highest BCUT2D eigenvalue weighted by atomic mass is 32.2. The number of aryl methyl sites for hydroxylation is 1. The molecular formula is C12H14FN3O3S. The number of ether oxygens (including phenoxy) is 1. The zero-order chi connectivity index (χ0) is 14.8. The summed E-state index contributed by atoms with van der Waals surface area (Å²) in [6, 6.07) is 5.13. The van der Waals surface area contributed by atoms with Gasteiger partial charge < -0.3 is 4.74 Å². The number of nitrogens with zero attached hydrogens (tertiary/aromatic N) is 2. The van der Waals surface area contributed by atoms with Gasteiger partial charge in [-0.05, 0) is 24.3 Å². The van der Waals surface area contributed by atoms with Gasteiger partial charge in [-0.2, -0.15) is 5.10 Å². The maximum Gasteiger partial charge on any atom is 0.238 e. The Hall–Kier alpha value is -1.93. The fraction of sp³-hybridized carbons (Fsp3) is 0.250. The van der Waals surface area contributed by atoms with Gasteiger partial charge in [0.05, 0.1) is 11.5 Å². The van der Waals surface area contributed by atoms with Crippen molar-refractivity contribution >= 4 is 10.0 Å². The number of hydrogen-bond acceptors (Lipinski definition) is 4. The molecule has 0 aliphatic heterocycles. The molecule has 6 nitrogen and oxygen atoms in total. The van der Waals surface area contributed by atoms with Crippen molar-refractivity contribution in [1.29, 1.82) is 0 Å². The summed E-state index contributed by atoms with van der Waals surface area (Å²) in [5.41, 5.74) is 0.951. The van der Waals surface area contributed by atoms with Crippen LogP contribution in [0.2, 0.25) is 0 Å². The molecule has 0 spiro atoms. The van der Waals surface area contributed by atoms with Crippen LogP contribution in [0, 0.1) is 5.82 Å². The van der Waals surface area contributed by atoms with Crippen LogP contribution in [0.3, 0.4) is 0 Å². The first-order valence-electron chi connectivity index (χ1n) is 5.80. The molecule has 0 aliphatic rings. The summed E-state index contributed by atoms with van der Waals surface area (Å²) in [6.45, 7) is 0.255. The summed E-state index contributed by atoms with van der Waals surface area (Å²) in [6.07, 6.45) is 2.23. The molecule has 0 aliphatic carbocycles. The smallest absolute Gasteiger partial charge is 0.238 e. The van der Waals surface area contributed by atoms with Gasteiger partial charge in [-0.15, -0.1) is 0 Å². The second-order valence-corrected chi connectivity index (χ2v) is 5.74. The number of aromatic nitrogens is 2. The maximum atomic E-state index is 13.7. The van der Waals surface area contributed by atoms with Crippen LogP contribution in [0.1, 0.15) is 5.69 Å². The van der Waals surface area contributed by atoms with Gasteiger partial charge in [0, 0.05) is 25.4 Å². The van der Waals surface area contributed by atoms with Gasteiger partial charge in [-0.3, -0.25) is 4.68 Å². The summed E-state index contributed by atoms with van der Waals surface area (Å²) in [4.78, 5) is -0.283. The third kappa shape index (κ3) is 3.34. The Morgan fingerprint density at radius 3 is 2.70 bits per heavy atom. The first-order chi connectivity index (χ1) is 9.38. The van der Waals surface area contributed by atoms with E-state index in [-0.39, 0.29) is 17.3 Å². The summed E-state index contributed by atoms with van der Waals surface area (Å²) >= 11 is 0. The van der Waals surface area contributed by atoms with E-state index in [1.165, 1.54) is 12.1 Å². The van der Waals surface area contributed by atoms with E-state index in [1.807, 2.05) is 6.07 Å². The monoisotopic (exact) mass is 299 g/mol. The molecule has 0 saturated heterocycles. The lowest BCUT2D eigenvalue weighted by molar-refractivity contribution is 0.302. The predicted molar refractivity (Wildman–Crippen MR) is 70.2 cm³/mol. The molecule has 2 aromatic rings. The van der Waals surface area contributed by atoms with Crippen LogP contribution in [0.5, 0.6) is 5.75 Å². The van der Waals surface area contributed by atoms with Gasteiger partial charge in [-0.25, -0.2) is 17.9 Å². The van der Waals surface area contributed by atoms with Crippen molar-refractivity contribution in [2.45, 2.75) is 11.3 Å². The highest BCUT2D eigenvalue weighted by Crippen LogP contribution is 2.20. The zero-order valence-electron chi connectivity index (χ0n) is 10.8. The summed E-state index contributed by atoms with van der Waals surface area (Å²) in [5.74, 6) is -0.777. The van der Waals surface area contributed by atoms with Gasteiger partial charge in [0.1, 0.15) is 0 Å². The molecule has 0 fully saturated rings. The third-order valence-electron chi connectivity index (χ3n) is 2.77. The van der Waals surface area contributed by atoms with Gasteiger partial charge in [0.15, 0.2) is 11.6 Å². The lowest BCUT2D eigenvalue weighted by atomic mass is 10.3. The first kappa shape index (κ1) is 14.5. The Bertz CT molecular complexity index is 712. The Labute approximate surface area is 116 Å². The minimum atomic E-state index is -3.91. The average Bonchev–Trinajstić information content (AvgIpc) is 2.76. The molecule has 0 saturated carbocycles. The molecule has 108 valence electrons. The van der Waals surface area contributed by atoms with Crippen LogP contribution < -0.4 is 9.88 Å². The number of primary sulfonamides is 1. The molecule has 2 N–H and O–H groups in total. The van der Waals surface area contributed by atoms with Crippen molar-refractivity contribution in [3.63, 3.8) is 0 Å². The van der Waals surface area contributed by atoms with Crippen LogP contribution in [0.25, 0.3) is 0 Å². The maximum absolute atomic E-state index is 13.7. The molecule has 0 radical (unpaired) electrons. The molecule has 0 unspecified atom stereocenters. The second kappa shape index (κ2) is 5.59. The van der Waals surface area contributed by atoms with Gasteiger partial charge in [0.25, 0.3) is 0 Å². The Kier molecular flexibility index (Phi) is 4.05. The summed E-state index contributed by atoms with van der Waals surface area (Å²) in [7, 11) is -2.11. The molecule has 2 rings (SSSR count). The van der Waals surface area contributed by atoms with E-state index in [0.717, 1.165) is 11.8 Å². The van der Waals surface area contributed by atoms with E-state index in [9.17, 15) is 12.8 Å². The van der Waals surface area contributed by atoms with Crippen LogP contribution in [0.4, 0.5) is 4.39 Å². The first-order valence-corrected chi connectivity index (χ1v) is 7.34. The van der Waals surface area contributed by atoms with Gasteiger partial charge >= 0.3 is 0 Å². The number of nitrogens with two attached hydrogens (primary N) is 1. The van der Waals surface area contributed by atoms with Crippen LogP contribution >= 0.6 is 0 Å². The van der Waals surface area contributed by atoms with E-state index in [0.29, 0.717) is 6.42 Å². The molecule has 1 heterocycles. The lowest BCUT2D eigenvalue weighted by Crippen LogP contribution is -2.12. The van der Waals surface area contributed by atoms with E-state index < -0.39 is 15.8 Å². The number of hydrogen-bond donors (Lipinski definition) is 1. The second-order valence-electron chi connectivity index (χ2n) is 4.18. The van der Waals surface area contributed by atoms with E-state index in [1.54, 1.807) is 17.9 Å². The fourth-order valence-electron chi connectivity index (χ4n) is 1.69. The van der Waals surface area contributed by atoms with Crippen LogP contribution in [0.15, 0.2) is 35.4 Å². The van der Waals surface area contributed by atoms with Crippen molar-refractivity contribution < 1.29 is 17.5 Å². The molecule has 8 heteroatoms. The van der Waals surface area contributed by atoms with E-state index in [4.69, 9.17) is 9.88 Å². The Balaban J connectivity index is 2.02. The fourth-order valence-corrected chi connectivity index (χ4v) is 2.21. The molecule has 1 aromatic carbocycles. The predicted octanol–water partition coefficient (Wildman–Crippen LogP) is 0.828. The Morgan fingerprint density at radius 2 is 2.15 bits per heavy atom. The van der Waals surface area contributed by atoms with Crippen molar-refractivity contribution in [2.75, 3.05) is 6.61 Å². The topological polar surface area (TPSA) is 87.2 Å². The minimum absolute atomic E-state index is 0.0143. The van der Waals surface area contributed by atoms with Crippen molar-refractivity contribution in [3.8, 4) is 5.75 Å². The molecule has 0 bridgehead atoms. The quantitative estimate of drug-likeness (QED) is 0.885. The number of benzene rings is 1. The van der Waals surface area contributed by atoms with Crippen molar-refractivity contribution in [2.24, 2.45) is 12.2 Å². The number of rotatable bonds is 5. The van der Waals surface area contributed by atoms with Gasteiger partial charge in [-0.1, -0.05) is 0 Å². The lowest BCUT2D eigenvalue weighted by Gasteiger charge is -2.08. The summed E-state index contributed by atoms with van der Waals surface area (Å²) in [5, 5.41) is 8.92. The Morgan fingerprint density at radius 1 is 1.40 bits per heavy atom. The molecule has 20 heavy (non-hydrogen) atoms. The normalized spacial score (nSPS) is 11.6. The zero-order valence-corrected chi connectivity index (χ0v) is 11.6. The molecule has 0 atom stereocenters.